The van der Waals surface area contributed by atoms with Crippen LogP contribution in [0.4, 0.5) is 11.4 Å². The molecule has 4 N–H and O–H groups in total. The Hall–Kier alpha value is -1.49. The average Bonchev–Trinajstić information content (AvgIpc) is 2.72. The maximum atomic E-state index is 5.82. The predicted octanol–water partition coefficient (Wildman–Crippen LogP) is 2.37. The van der Waals surface area contributed by atoms with Crippen LogP contribution in [0.3, 0.4) is 0 Å². The van der Waals surface area contributed by atoms with Crippen molar-refractivity contribution in [2.45, 2.75) is 6.54 Å². The van der Waals surface area contributed by atoms with E-state index in [1.54, 1.807) is 12.5 Å². The fourth-order valence-corrected chi connectivity index (χ4v) is 1.61. The molecule has 2 rings (SSSR count). The van der Waals surface area contributed by atoms with Gasteiger partial charge in [0, 0.05) is 10.7 Å². The highest BCUT2D eigenvalue weighted by molar-refractivity contribution is 9.10. The van der Waals surface area contributed by atoms with Crippen molar-refractivity contribution >= 4 is 27.3 Å². The molecule has 0 unspecified atom stereocenters. The van der Waals surface area contributed by atoms with Gasteiger partial charge in [0.25, 0.3) is 0 Å². The van der Waals surface area contributed by atoms with E-state index in [1.165, 1.54) is 0 Å². The lowest BCUT2D eigenvalue weighted by atomic mass is 10.2. The Kier molecular flexibility index (Phi) is 2.91. The zero-order valence-corrected chi connectivity index (χ0v) is 9.58. The van der Waals surface area contributed by atoms with Gasteiger partial charge in [-0.25, -0.2) is 4.98 Å². The minimum atomic E-state index is 0.681. The Bertz CT molecular complexity index is 439. The molecule has 1 aromatic carbocycles. The number of halogens is 1. The fraction of sp³-hybridized carbons (Fsp3) is 0.100. The summed E-state index contributed by atoms with van der Waals surface area (Å²) >= 11 is 3.40. The Labute approximate surface area is 96.0 Å². The second kappa shape index (κ2) is 4.35. The molecule has 0 saturated heterocycles. The lowest BCUT2D eigenvalue weighted by molar-refractivity contribution is 1.07. The molecule has 5 heteroatoms. The van der Waals surface area contributed by atoms with Crippen molar-refractivity contribution in [3.63, 3.8) is 0 Å². The second-order valence-electron chi connectivity index (χ2n) is 3.16. The van der Waals surface area contributed by atoms with E-state index < -0.39 is 0 Å². The van der Waals surface area contributed by atoms with Gasteiger partial charge in [0.1, 0.15) is 0 Å². The highest BCUT2D eigenvalue weighted by atomic mass is 79.9. The van der Waals surface area contributed by atoms with Gasteiger partial charge in [-0.05, 0) is 18.2 Å². The van der Waals surface area contributed by atoms with Crippen LogP contribution in [0.5, 0.6) is 0 Å². The molecule has 0 aliphatic heterocycles. The van der Waals surface area contributed by atoms with Gasteiger partial charge in [-0.2, -0.15) is 0 Å². The number of aromatic nitrogens is 2. The molecule has 15 heavy (non-hydrogen) atoms. The third-order valence-electron chi connectivity index (χ3n) is 2.04. The molecular weight excluding hydrogens is 256 g/mol. The highest BCUT2D eigenvalue weighted by Crippen LogP contribution is 2.23. The van der Waals surface area contributed by atoms with Gasteiger partial charge in [-0.1, -0.05) is 15.9 Å². The number of nitrogens with one attached hydrogen (secondary N) is 2. The summed E-state index contributed by atoms with van der Waals surface area (Å²) < 4.78 is 1.00. The van der Waals surface area contributed by atoms with E-state index in [4.69, 9.17) is 5.73 Å². The number of H-pyrrole nitrogens is 1. The molecule has 1 aromatic heterocycles. The third-order valence-corrected chi connectivity index (χ3v) is 2.53. The molecule has 0 amide bonds. The van der Waals surface area contributed by atoms with E-state index in [-0.39, 0.29) is 0 Å². The normalized spacial score (nSPS) is 10.2. The van der Waals surface area contributed by atoms with Gasteiger partial charge < -0.3 is 16.0 Å². The van der Waals surface area contributed by atoms with Crippen LogP contribution in [0, 0.1) is 0 Å². The molecular formula is C10H11BrN4. The predicted molar refractivity (Wildman–Crippen MR) is 64.5 cm³/mol. The first kappa shape index (κ1) is 10.0. The van der Waals surface area contributed by atoms with Crippen molar-refractivity contribution in [2.24, 2.45) is 0 Å². The number of imidazole rings is 1. The molecule has 0 spiro atoms. The summed E-state index contributed by atoms with van der Waals surface area (Å²) in [5.74, 6) is 0. The Morgan fingerprint density at radius 1 is 1.47 bits per heavy atom. The Morgan fingerprint density at radius 3 is 3.07 bits per heavy atom. The summed E-state index contributed by atoms with van der Waals surface area (Å²) in [5.41, 5.74) is 8.49. The standard InChI is InChI=1S/C10H11BrN4/c11-7-1-2-9(12)10(3-7)14-5-8-4-13-6-15-8/h1-4,6,14H,5,12H2,(H,13,15). The highest BCUT2D eigenvalue weighted by Gasteiger charge is 2.00. The maximum Gasteiger partial charge on any atom is 0.0922 e. The molecule has 0 aliphatic rings. The van der Waals surface area contributed by atoms with Crippen molar-refractivity contribution in [2.75, 3.05) is 11.1 Å². The van der Waals surface area contributed by atoms with Crippen molar-refractivity contribution < 1.29 is 0 Å². The lowest BCUT2D eigenvalue weighted by Crippen LogP contribution is -2.02. The summed E-state index contributed by atoms with van der Waals surface area (Å²) in [4.78, 5) is 6.95. The van der Waals surface area contributed by atoms with Crippen LogP contribution in [0.1, 0.15) is 5.69 Å². The van der Waals surface area contributed by atoms with E-state index in [0.29, 0.717) is 6.54 Å². The third kappa shape index (κ3) is 2.50. The van der Waals surface area contributed by atoms with Crippen LogP contribution in [0.2, 0.25) is 0 Å². The molecule has 0 aliphatic carbocycles. The molecule has 1 heterocycles. The molecule has 2 aromatic rings. The number of nitrogens with zero attached hydrogens (tertiary/aromatic N) is 1. The second-order valence-corrected chi connectivity index (χ2v) is 4.08. The van der Waals surface area contributed by atoms with Crippen LogP contribution in [0.15, 0.2) is 35.2 Å². The number of aromatic amines is 1. The summed E-state index contributed by atoms with van der Waals surface area (Å²) in [6, 6.07) is 5.72. The van der Waals surface area contributed by atoms with Crippen molar-refractivity contribution in [3.8, 4) is 0 Å². The van der Waals surface area contributed by atoms with E-state index >= 15 is 0 Å². The van der Waals surface area contributed by atoms with Gasteiger partial charge in [-0.3, -0.25) is 0 Å². The van der Waals surface area contributed by atoms with Crippen LogP contribution < -0.4 is 11.1 Å². The van der Waals surface area contributed by atoms with Crippen molar-refractivity contribution in [1.29, 1.82) is 0 Å². The first-order chi connectivity index (χ1) is 7.25. The number of anilines is 2. The Balaban J connectivity index is 2.07. The molecule has 0 fully saturated rings. The van der Waals surface area contributed by atoms with Crippen LogP contribution in [-0.2, 0) is 6.54 Å². The number of benzene rings is 1. The molecule has 0 radical (unpaired) electrons. The monoisotopic (exact) mass is 266 g/mol. The van der Waals surface area contributed by atoms with Gasteiger partial charge >= 0.3 is 0 Å². The van der Waals surface area contributed by atoms with Gasteiger partial charge in [0.05, 0.1) is 29.9 Å². The first-order valence-corrected chi connectivity index (χ1v) is 5.31. The quantitative estimate of drug-likeness (QED) is 0.748. The molecule has 0 atom stereocenters. The lowest BCUT2D eigenvalue weighted by Gasteiger charge is -2.08. The molecule has 4 nitrogen and oxygen atoms in total. The number of nitrogens with two attached hydrogens (primary N) is 1. The van der Waals surface area contributed by atoms with Crippen molar-refractivity contribution in [3.05, 3.63) is 40.9 Å². The molecule has 78 valence electrons. The number of nitrogen functional groups attached to an aromatic ring is 1. The summed E-state index contributed by atoms with van der Waals surface area (Å²) in [5, 5.41) is 3.23. The summed E-state index contributed by atoms with van der Waals surface area (Å²) in [7, 11) is 0. The zero-order chi connectivity index (χ0) is 10.7. The van der Waals surface area contributed by atoms with E-state index in [0.717, 1.165) is 21.5 Å². The minimum Gasteiger partial charge on any atom is -0.397 e. The fourth-order valence-electron chi connectivity index (χ4n) is 1.25. The van der Waals surface area contributed by atoms with Crippen LogP contribution in [-0.4, -0.2) is 9.97 Å². The number of rotatable bonds is 3. The van der Waals surface area contributed by atoms with Gasteiger partial charge in [0.2, 0.25) is 0 Å². The van der Waals surface area contributed by atoms with E-state index in [2.05, 4.69) is 31.2 Å². The first-order valence-electron chi connectivity index (χ1n) is 4.52. The van der Waals surface area contributed by atoms with Crippen LogP contribution >= 0.6 is 15.9 Å². The number of hydrogen-bond donors (Lipinski definition) is 3. The van der Waals surface area contributed by atoms with Crippen molar-refractivity contribution in [1.82, 2.24) is 9.97 Å². The maximum absolute atomic E-state index is 5.82. The topological polar surface area (TPSA) is 66.7 Å². The smallest absolute Gasteiger partial charge is 0.0922 e. The molecule has 0 saturated carbocycles. The zero-order valence-electron chi connectivity index (χ0n) is 8.00. The largest absolute Gasteiger partial charge is 0.397 e. The van der Waals surface area contributed by atoms with E-state index in [9.17, 15) is 0 Å². The van der Waals surface area contributed by atoms with E-state index in [1.807, 2.05) is 18.2 Å². The minimum absolute atomic E-state index is 0.681. The average molecular weight is 267 g/mol. The Morgan fingerprint density at radius 2 is 2.33 bits per heavy atom. The summed E-state index contributed by atoms with van der Waals surface area (Å²) in [6.45, 7) is 0.681. The van der Waals surface area contributed by atoms with Gasteiger partial charge in [0.15, 0.2) is 0 Å². The molecule has 0 bridgehead atoms. The summed E-state index contributed by atoms with van der Waals surface area (Å²) in [6.07, 6.45) is 3.43. The number of hydrogen-bond acceptors (Lipinski definition) is 3. The van der Waals surface area contributed by atoms with Crippen LogP contribution in [0.25, 0.3) is 0 Å². The van der Waals surface area contributed by atoms with Gasteiger partial charge in [-0.15, -0.1) is 0 Å². The SMILES string of the molecule is Nc1ccc(Br)cc1NCc1cnc[nH]1.